The van der Waals surface area contributed by atoms with Crippen LogP contribution in [0.1, 0.15) is 42.8 Å². The predicted molar refractivity (Wildman–Crippen MR) is 122 cm³/mol. The minimum absolute atomic E-state index is 0.258. The van der Waals surface area contributed by atoms with Crippen LogP contribution in [-0.2, 0) is 16.2 Å². The third-order valence-electron chi connectivity index (χ3n) is 4.33. The molecule has 31 heavy (non-hydrogen) atoms. The lowest BCUT2D eigenvalue weighted by Gasteiger charge is -2.22. The molecule has 2 aromatic carbocycles. The molecule has 0 aliphatic carbocycles. The number of amides is 2. The highest BCUT2D eigenvalue weighted by molar-refractivity contribution is 8.14. The fraction of sp³-hybridized carbons (Fsp3) is 0.318. The molecule has 0 fully saturated rings. The first-order valence-electron chi connectivity index (χ1n) is 9.75. The van der Waals surface area contributed by atoms with Crippen LogP contribution in [0.15, 0.2) is 41.5 Å². The average molecular weight is 462 g/mol. The summed E-state index contributed by atoms with van der Waals surface area (Å²) in [7, 11) is 0. The third-order valence-corrected chi connectivity index (χ3v) is 5.71. The lowest BCUT2D eigenvalue weighted by molar-refractivity contribution is -0.129. The summed E-state index contributed by atoms with van der Waals surface area (Å²) in [6.45, 7) is 7.46. The summed E-state index contributed by atoms with van der Waals surface area (Å²) in [5.41, 5.74) is 2.87. The maximum Gasteiger partial charge on any atom is 0.241 e. The minimum Gasteiger partial charge on any atom is -0.490 e. The standard InChI is InChI=1S/C22H24ClN3O4S/c1-5-29-19-11-17(21-26(15(4)28)25-22(31-21)24-14(3)27)10-18(23)20(19)30-12-16-8-6-7-13(2)9-16/h6-11,21H,5,12H2,1-4H3,(H,24,25,27)/t21-/m1/s1. The van der Waals surface area contributed by atoms with Crippen LogP contribution in [0.5, 0.6) is 11.5 Å². The topological polar surface area (TPSA) is 80.2 Å². The molecule has 0 bridgehead atoms. The van der Waals surface area contributed by atoms with Gasteiger partial charge in [0.05, 0.1) is 11.6 Å². The van der Waals surface area contributed by atoms with Crippen molar-refractivity contribution in [1.29, 1.82) is 0 Å². The van der Waals surface area contributed by atoms with Crippen LogP contribution in [0.2, 0.25) is 5.02 Å². The molecule has 0 unspecified atom stereocenters. The Morgan fingerprint density at radius 3 is 2.65 bits per heavy atom. The fourth-order valence-corrected chi connectivity index (χ4v) is 4.46. The van der Waals surface area contributed by atoms with Gasteiger partial charge in [0, 0.05) is 13.8 Å². The summed E-state index contributed by atoms with van der Waals surface area (Å²) in [4.78, 5) is 23.5. The molecule has 3 rings (SSSR count). The quantitative estimate of drug-likeness (QED) is 0.678. The van der Waals surface area contributed by atoms with E-state index in [-0.39, 0.29) is 11.8 Å². The van der Waals surface area contributed by atoms with E-state index in [0.29, 0.717) is 40.5 Å². The Bertz CT molecular complexity index is 1030. The predicted octanol–water partition coefficient (Wildman–Crippen LogP) is 4.63. The highest BCUT2D eigenvalue weighted by atomic mass is 35.5. The summed E-state index contributed by atoms with van der Waals surface area (Å²) < 4.78 is 11.8. The number of amidine groups is 1. The Balaban J connectivity index is 1.88. The van der Waals surface area contributed by atoms with Crippen molar-refractivity contribution in [2.24, 2.45) is 5.10 Å². The van der Waals surface area contributed by atoms with E-state index < -0.39 is 5.37 Å². The highest BCUT2D eigenvalue weighted by Crippen LogP contribution is 2.45. The first kappa shape index (κ1) is 23.0. The van der Waals surface area contributed by atoms with E-state index >= 15 is 0 Å². The van der Waals surface area contributed by atoms with Crippen molar-refractivity contribution in [3.63, 3.8) is 0 Å². The van der Waals surface area contributed by atoms with E-state index in [4.69, 9.17) is 21.1 Å². The lowest BCUT2D eigenvalue weighted by atomic mass is 10.1. The van der Waals surface area contributed by atoms with Gasteiger partial charge < -0.3 is 14.8 Å². The largest absolute Gasteiger partial charge is 0.490 e. The number of hydrogen-bond donors (Lipinski definition) is 1. The van der Waals surface area contributed by atoms with Crippen molar-refractivity contribution in [3.05, 3.63) is 58.1 Å². The van der Waals surface area contributed by atoms with Crippen LogP contribution < -0.4 is 14.8 Å². The molecule has 1 heterocycles. The number of carbonyl (C=O) groups is 2. The van der Waals surface area contributed by atoms with Crippen LogP contribution in [-0.4, -0.2) is 28.6 Å². The molecule has 0 spiro atoms. The highest BCUT2D eigenvalue weighted by Gasteiger charge is 2.33. The minimum atomic E-state index is -0.484. The lowest BCUT2D eigenvalue weighted by Crippen LogP contribution is -2.25. The van der Waals surface area contributed by atoms with Gasteiger partial charge in [-0.3, -0.25) is 9.59 Å². The van der Waals surface area contributed by atoms with Crippen LogP contribution >= 0.6 is 23.4 Å². The summed E-state index contributed by atoms with van der Waals surface area (Å²) in [6.07, 6.45) is 0. The van der Waals surface area contributed by atoms with Gasteiger partial charge in [-0.2, -0.15) is 0 Å². The van der Waals surface area contributed by atoms with Crippen molar-refractivity contribution in [3.8, 4) is 11.5 Å². The number of nitrogens with zero attached hydrogens (tertiary/aromatic N) is 2. The molecule has 0 saturated carbocycles. The Kier molecular flexibility index (Phi) is 7.46. The van der Waals surface area contributed by atoms with E-state index in [0.717, 1.165) is 11.1 Å². The van der Waals surface area contributed by atoms with E-state index in [1.54, 1.807) is 12.1 Å². The normalized spacial score (nSPS) is 15.5. The van der Waals surface area contributed by atoms with Gasteiger partial charge in [-0.1, -0.05) is 53.2 Å². The van der Waals surface area contributed by atoms with Crippen LogP contribution in [0.25, 0.3) is 0 Å². The van der Waals surface area contributed by atoms with Crippen LogP contribution in [0.4, 0.5) is 0 Å². The number of hydrazone groups is 1. The molecule has 9 heteroatoms. The van der Waals surface area contributed by atoms with Gasteiger partial charge in [0.15, 0.2) is 16.7 Å². The van der Waals surface area contributed by atoms with Gasteiger partial charge in [-0.25, -0.2) is 5.01 Å². The maximum atomic E-state index is 12.1. The number of carbonyl (C=O) groups excluding carboxylic acids is 2. The van der Waals surface area contributed by atoms with E-state index in [1.807, 2.05) is 38.1 Å². The van der Waals surface area contributed by atoms with Crippen molar-refractivity contribution in [2.45, 2.75) is 39.7 Å². The number of thioether (sulfide) groups is 1. The number of rotatable bonds is 6. The number of hydrogen-bond acceptors (Lipinski definition) is 6. The van der Waals surface area contributed by atoms with Gasteiger partial charge in [0.25, 0.3) is 0 Å². The monoisotopic (exact) mass is 461 g/mol. The molecular formula is C22H24ClN3O4S. The summed E-state index contributed by atoms with van der Waals surface area (Å²) in [5, 5.41) is 8.38. The Morgan fingerprint density at radius 1 is 1.23 bits per heavy atom. The van der Waals surface area contributed by atoms with Gasteiger partial charge >= 0.3 is 0 Å². The Morgan fingerprint density at radius 2 is 2.00 bits per heavy atom. The molecule has 1 atom stereocenters. The SMILES string of the molecule is CCOc1cc([C@H]2SC(NC(C)=O)=NN2C(C)=O)cc(Cl)c1OCc1cccc(C)c1. The molecule has 1 N–H and O–H groups in total. The van der Waals surface area contributed by atoms with Gasteiger partial charge in [-0.05, 0) is 37.1 Å². The number of nitrogens with one attached hydrogen (secondary N) is 1. The van der Waals surface area contributed by atoms with Crippen LogP contribution in [0.3, 0.4) is 0 Å². The summed E-state index contributed by atoms with van der Waals surface area (Å²) in [5.74, 6) is 0.402. The van der Waals surface area contributed by atoms with Crippen molar-refractivity contribution >= 4 is 40.3 Å². The second kappa shape index (κ2) is 10.1. The first-order valence-corrected chi connectivity index (χ1v) is 11.0. The molecule has 1 aliphatic heterocycles. The summed E-state index contributed by atoms with van der Waals surface area (Å²) in [6, 6.07) is 11.5. The molecule has 1 aliphatic rings. The van der Waals surface area contributed by atoms with Gasteiger partial charge in [0.2, 0.25) is 11.8 Å². The smallest absolute Gasteiger partial charge is 0.241 e. The molecule has 2 aromatic rings. The number of halogens is 1. The summed E-state index contributed by atoms with van der Waals surface area (Å²) >= 11 is 7.82. The van der Waals surface area contributed by atoms with E-state index in [1.165, 1.54) is 30.6 Å². The maximum absolute atomic E-state index is 12.1. The zero-order valence-electron chi connectivity index (χ0n) is 17.8. The van der Waals surface area contributed by atoms with E-state index in [2.05, 4.69) is 10.4 Å². The first-order chi connectivity index (χ1) is 14.8. The number of aryl methyl sites for hydroxylation is 1. The molecule has 0 saturated heterocycles. The van der Waals surface area contributed by atoms with Crippen molar-refractivity contribution in [2.75, 3.05) is 6.61 Å². The van der Waals surface area contributed by atoms with Crippen molar-refractivity contribution < 1.29 is 19.1 Å². The fourth-order valence-electron chi connectivity index (χ4n) is 3.07. The number of benzene rings is 2. The molecule has 7 nitrogen and oxygen atoms in total. The van der Waals surface area contributed by atoms with Gasteiger partial charge in [-0.15, -0.1) is 5.10 Å². The molecule has 0 radical (unpaired) electrons. The number of ether oxygens (including phenoxy) is 2. The van der Waals surface area contributed by atoms with Gasteiger partial charge in [0.1, 0.15) is 12.0 Å². The Hall–Kier alpha value is -2.71. The molecule has 2 amide bonds. The second-order valence-electron chi connectivity index (χ2n) is 6.96. The zero-order chi connectivity index (χ0) is 22.5. The van der Waals surface area contributed by atoms with E-state index in [9.17, 15) is 9.59 Å². The molecule has 164 valence electrons. The second-order valence-corrected chi connectivity index (χ2v) is 8.44. The Labute approximate surface area is 190 Å². The van der Waals surface area contributed by atoms with Crippen molar-refractivity contribution in [1.82, 2.24) is 10.3 Å². The molecular weight excluding hydrogens is 438 g/mol. The third kappa shape index (κ3) is 5.71. The zero-order valence-corrected chi connectivity index (χ0v) is 19.3. The van der Waals surface area contributed by atoms with Crippen LogP contribution in [0, 0.1) is 6.92 Å². The average Bonchev–Trinajstić information content (AvgIpc) is 3.11. The molecule has 0 aromatic heterocycles.